The fourth-order valence-corrected chi connectivity index (χ4v) is 4.53. The Hall–Kier alpha value is -3.77. The van der Waals surface area contributed by atoms with Crippen LogP contribution in [0.5, 0.6) is 0 Å². The normalized spacial score (nSPS) is 19.9. The maximum absolute atomic E-state index is 13.8. The van der Waals surface area contributed by atoms with Crippen LogP contribution in [0, 0.1) is 0 Å². The number of fused-ring (bicyclic) bond motifs is 3. The first-order valence-electron chi connectivity index (χ1n) is 11.0. The summed E-state index contributed by atoms with van der Waals surface area (Å²) < 4.78 is 87.1. The number of alkyl halides is 6. The number of benzene rings is 2. The molecule has 4 rings (SSSR count). The lowest BCUT2D eigenvalue weighted by atomic mass is 9.97. The predicted molar refractivity (Wildman–Crippen MR) is 116 cm³/mol. The molecule has 1 heterocycles. The molecule has 0 spiro atoms. The number of carbonyl (C=O) groups is 3. The van der Waals surface area contributed by atoms with E-state index in [-0.39, 0.29) is 11.5 Å². The van der Waals surface area contributed by atoms with Crippen LogP contribution in [0.2, 0.25) is 0 Å². The lowest BCUT2D eigenvalue weighted by Gasteiger charge is -2.43. The van der Waals surface area contributed by atoms with E-state index in [1.807, 2.05) is 41.7 Å². The number of aliphatic carboxylic acids is 1. The number of carboxylic acid groups (broad SMARTS) is 1. The molecule has 1 aliphatic heterocycles. The molecule has 2 aromatic carbocycles. The minimum absolute atomic E-state index is 0.250. The van der Waals surface area contributed by atoms with E-state index in [9.17, 15) is 40.7 Å². The van der Waals surface area contributed by atoms with Crippen LogP contribution in [0.15, 0.2) is 48.5 Å². The highest BCUT2D eigenvalue weighted by Gasteiger charge is 2.75. The Kier molecular flexibility index (Phi) is 6.59. The summed E-state index contributed by atoms with van der Waals surface area (Å²) in [6.07, 6.45) is -2.50. The molecule has 2 aliphatic rings. The summed E-state index contributed by atoms with van der Waals surface area (Å²) in [4.78, 5) is 36.0. The summed E-state index contributed by atoms with van der Waals surface area (Å²) in [5.41, 5.74) is 3.51. The highest BCUT2D eigenvalue weighted by Crippen LogP contribution is 2.49. The van der Waals surface area contributed by atoms with Crippen LogP contribution in [0.4, 0.5) is 31.1 Å². The molecular formula is C24H20F6N2O5. The zero-order chi connectivity index (χ0) is 27.2. The van der Waals surface area contributed by atoms with E-state index >= 15 is 0 Å². The Morgan fingerprint density at radius 3 is 1.89 bits per heavy atom. The lowest BCUT2D eigenvalue weighted by Crippen LogP contribution is -2.69. The molecule has 13 heteroatoms. The summed E-state index contributed by atoms with van der Waals surface area (Å²) in [6.45, 7) is -4.42. The number of ether oxygens (including phenoxy) is 1. The van der Waals surface area contributed by atoms with E-state index in [1.54, 1.807) is 12.1 Å². The summed E-state index contributed by atoms with van der Waals surface area (Å²) >= 11 is 0. The van der Waals surface area contributed by atoms with Crippen molar-refractivity contribution in [2.24, 2.45) is 0 Å². The van der Waals surface area contributed by atoms with E-state index < -0.39 is 67.2 Å². The van der Waals surface area contributed by atoms with Gasteiger partial charge in [0.1, 0.15) is 12.6 Å². The molecule has 2 aromatic rings. The molecule has 0 radical (unpaired) electrons. The van der Waals surface area contributed by atoms with Crippen molar-refractivity contribution >= 4 is 18.0 Å². The van der Waals surface area contributed by atoms with Gasteiger partial charge in [-0.2, -0.15) is 26.3 Å². The van der Waals surface area contributed by atoms with E-state index in [4.69, 9.17) is 9.84 Å². The molecule has 1 atom stereocenters. The van der Waals surface area contributed by atoms with Gasteiger partial charge in [0.05, 0.1) is 19.5 Å². The number of hydrogen-bond donors (Lipinski definition) is 2. The molecule has 0 saturated carbocycles. The molecule has 198 valence electrons. The Balaban J connectivity index is 1.47. The molecule has 0 aromatic heterocycles. The Morgan fingerprint density at radius 2 is 1.41 bits per heavy atom. The van der Waals surface area contributed by atoms with Gasteiger partial charge in [-0.3, -0.25) is 9.59 Å². The van der Waals surface area contributed by atoms with Crippen molar-refractivity contribution in [1.29, 1.82) is 0 Å². The fraction of sp³-hybridized carbons (Fsp3) is 0.375. The number of carboxylic acids is 1. The zero-order valence-corrected chi connectivity index (χ0v) is 18.9. The first-order valence-corrected chi connectivity index (χ1v) is 11.0. The smallest absolute Gasteiger partial charge is 0.407 e. The zero-order valence-electron chi connectivity index (χ0n) is 18.9. The lowest BCUT2D eigenvalue weighted by molar-refractivity contribution is -0.335. The maximum atomic E-state index is 13.8. The monoisotopic (exact) mass is 530 g/mol. The highest BCUT2D eigenvalue weighted by atomic mass is 19.3. The van der Waals surface area contributed by atoms with Gasteiger partial charge in [-0.1, -0.05) is 48.5 Å². The Morgan fingerprint density at radius 1 is 0.919 bits per heavy atom. The van der Waals surface area contributed by atoms with Crippen molar-refractivity contribution in [3.8, 4) is 11.1 Å². The van der Waals surface area contributed by atoms with Gasteiger partial charge in [0.25, 0.3) is 0 Å². The first-order chi connectivity index (χ1) is 17.2. The van der Waals surface area contributed by atoms with Gasteiger partial charge < -0.3 is 20.1 Å². The third-order valence-corrected chi connectivity index (χ3v) is 6.32. The number of rotatable bonds is 6. The molecule has 1 unspecified atom stereocenters. The van der Waals surface area contributed by atoms with Gasteiger partial charge in [-0.15, -0.1) is 0 Å². The fourth-order valence-electron chi connectivity index (χ4n) is 4.53. The molecule has 1 fully saturated rings. The molecule has 2 amide bonds. The van der Waals surface area contributed by atoms with Crippen molar-refractivity contribution in [1.82, 2.24) is 10.2 Å². The summed E-state index contributed by atoms with van der Waals surface area (Å²) in [5, 5.41) is 11.0. The number of nitrogens with zero attached hydrogens (tertiary/aromatic N) is 1. The van der Waals surface area contributed by atoms with E-state index in [0.717, 1.165) is 22.3 Å². The standard InChI is InChI=1S/C24H20F6N2O5/c25-22(26)11-32(12-23(27,28)24(22,29)30)20(35)18(9-19(33)34)31-21(36)37-10-17-15-7-3-1-5-13(15)14-6-2-4-8-16(14)17/h1-8,17-18H,9-12H2,(H,31,36)(H,33,34). The van der Waals surface area contributed by atoms with Crippen LogP contribution in [0.1, 0.15) is 23.5 Å². The van der Waals surface area contributed by atoms with Gasteiger partial charge in [0, 0.05) is 5.92 Å². The number of nitrogens with one attached hydrogen (secondary N) is 1. The average Bonchev–Trinajstić information content (AvgIpc) is 3.13. The number of likely N-dealkylation sites (tertiary alicyclic amines) is 1. The topological polar surface area (TPSA) is 95.9 Å². The van der Waals surface area contributed by atoms with Gasteiger partial charge in [0.2, 0.25) is 5.91 Å². The van der Waals surface area contributed by atoms with Crippen LogP contribution in [-0.2, 0) is 14.3 Å². The Labute approximate surface area is 206 Å². The van der Waals surface area contributed by atoms with Crippen LogP contribution in [-0.4, -0.2) is 71.5 Å². The largest absolute Gasteiger partial charge is 0.481 e. The van der Waals surface area contributed by atoms with Crippen molar-refractivity contribution in [2.75, 3.05) is 19.7 Å². The average molecular weight is 530 g/mol. The van der Waals surface area contributed by atoms with Gasteiger partial charge in [-0.25, -0.2) is 4.79 Å². The van der Waals surface area contributed by atoms with Crippen molar-refractivity contribution in [3.05, 3.63) is 59.7 Å². The van der Waals surface area contributed by atoms with Crippen LogP contribution < -0.4 is 5.32 Å². The van der Waals surface area contributed by atoms with E-state index in [1.165, 1.54) is 0 Å². The van der Waals surface area contributed by atoms with Crippen LogP contribution in [0.25, 0.3) is 11.1 Å². The number of alkyl carbamates (subject to hydrolysis) is 1. The molecule has 7 nitrogen and oxygen atoms in total. The minimum atomic E-state index is -5.72. The number of halogens is 6. The van der Waals surface area contributed by atoms with Crippen molar-refractivity contribution in [2.45, 2.75) is 36.1 Å². The molecule has 2 N–H and O–H groups in total. The predicted octanol–water partition coefficient (Wildman–Crippen LogP) is 4.12. The number of hydrogen-bond acceptors (Lipinski definition) is 4. The molecule has 1 saturated heterocycles. The number of piperidine rings is 1. The second-order valence-corrected chi connectivity index (χ2v) is 8.80. The summed E-state index contributed by atoms with van der Waals surface area (Å²) in [7, 11) is 0. The third kappa shape index (κ3) is 4.69. The van der Waals surface area contributed by atoms with E-state index in [0.29, 0.717) is 0 Å². The van der Waals surface area contributed by atoms with Gasteiger partial charge in [-0.05, 0) is 22.3 Å². The van der Waals surface area contributed by atoms with Gasteiger partial charge in [0.15, 0.2) is 0 Å². The maximum Gasteiger partial charge on any atom is 0.407 e. The SMILES string of the molecule is O=C(O)CC(NC(=O)OCC1c2ccccc2-c2ccccc21)C(=O)N1CC(F)(F)C(F)(F)C(F)(F)C1. The van der Waals surface area contributed by atoms with Gasteiger partial charge >= 0.3 is 29.8 Å². The van der Waals surface area contributed by atoms with E-state index in [2.05, 4.69) is 0 Å². The number of amides is 2. The molecule has 1 aliphatic carbocycles. The van der Waals surface area contributed by atoms with Crippen LogP contribution >= 0.6 is 0 Å². The molecule has 0 bridgehead atoms. The quantitative estimate of drug-likeness (QED) is 0.548. The van der Waals surface area contributed by atoms with Crippen LogP contribution in [0.3, 0.4) is 0 Å². The second-order valence-electron chi connectivity index (χ2n) is 8.80. The summed E-state index contributed by atoms with van der Waals surface area (Å²) in [6, 6.07) is 12.5. The molecular weight excluding hydrogens is 510 g/mol. The highest BCUT2D eigenvalue weighted by molar-refractivity contribution is 5.89. The van der Waals surface area contributed by atoms with Crippen molar-refractivity contribution < 1.29 is 50.6 Å². The number of carbonyl (C=O) groups excluding carboxylic acids is 2. The third-order valence-electron chi connectivity index (χ3n) is 6.32. The Bertz CT molecular complexity index is 1170. The minimum Gasteiger partial charge on any atom is -0.481 e. The summed E-state index contributed by atoms with van der Waals surface area (Å²) in [5.74, 6) is -20.1. The second kappa shape index (κ2) is 9.27. The molecule has 37 heavy (non-hydrogen) atoms. The van der Waals surface area contributed by atoms with Crippen molar-refractivity contribution in [3.63, 3.8) is 0 Å². The first kappa shape index (κ1) is 26.3.